The molecule has 1 atom stereocenters. The first kappa shape index (κ1) is 15.0. The summed E-state index contributed by atoms with van der Waals surface area (Å²) in [6.45, 7) is 1.97. The highest BCUT2D eigenvalue weighted by Crippen LogP contribution is 2.33. The minimum atomic E-state index is -0.484. The second-order valence-electron chi connectivity index (χ2n) is 4.49. The fourth-order valence-corrected chi connectivity index (χ4v) is 2.55. The molecule has 0 aliphatic rings. The van der Waals surface area contributed by atoms with Gasteiger partial charge >= 0.3 is 0 Å². The van der Waals surface area contributed by atoms with Gasteiger partial charge in [0.15, 0.2) is 0 Å². The molecule has 0 saturated heterocycles. The van der Waals surface area contributed by atoms with Gasteiger partial charge in [0.1, 0.15) is 11.6 Å². The summed E-state index contributed by atoms with van der Waals surface area (Å²) in [6, 6.07) is 10.4. The maximum absolute atomic E-state index is 14.3. The monoisotopic (exact) mass is 338 g/mol. The van der Waals surface area contributed by atoms with Crippen LogP contribution in [0.1, 0.15) is 22.7 Å². The van der Waals surface area contributed by atoms with Crippen LogP contribution in [-0.2, 0) is 0 Å². The Labute approximate surface area is 126 Å². The molecule has 3 N–H and O–H groups in total. The first-order valence-corrected chi connectivity index (χ1v) is 6.92. The first-order chi connectivity index (χ1) is 9.58. The van der Waals surface area contributed by atoms with Gasteiger partial charge in [0.25, 0.3) is 0 Å². The number of benzene rings is 2. The van der Waals surface area contributed by atoms with Crippen molar-refractivity contribution < 1.29 is 9.13 Å². The molecule has 20 heavy (non-hydrogen) atoms. The number of aryl methyl sites for hydroxylation is 1. The molecule has 0 aromatic heterocycles. The summed E-state index contributed by atoms with van der Waals surface area (Å²) in [6.07, 6.45) is 0. The van der Waals surface area contributed by atoms with E-state index in [-0.39, 0.29) is 5.82 Å². The van der Waals surface area contributed by atoms with Crippen LogP contribution in [0.15, 0.2) is 40.9 Å². The van der Waals surface area contributed by atoms with E-state index >= 15 is 0 Å². The number of ether oxygens (including phenoxy) is 1. The molecule has 2 aromatic rings. The molecule has 5 heteroatoms. The van der Waals surface area contributed by atoms with E-state index < -0.39 is 6.04 Å². The Hall–Kier alpha value is -1.43. The lowest BCUT2D eigenvalue weighted by molar-refractivity contribution is 0.403. The van der Waals surface area contributed by atoms with Gasteiger partial charge in [0.05, 0.1) is 17.6 Å². The van der Waals surface area contributed by atoms with Crippen molar-refractivity contribution >= 4 is 15.9 Å². The van der Waals surface area contributed by atoms with Crippen molar-refractivity contribution in [2.75, 3.05) is 7.11 Å². The van der Waals surface area contributed by atoms with Crippen molar-refractivity contribution in [1.82, 2.24) is 5.43 Å². The second-order valence-corrected chi connectivity index (χ2v) is 5.34. The zero-order valence-corrected chi connectivity index (χ0v) is 12.9. The van der Waals surface area contributed by atoms with Crippen molar-refractivity contribution in [3.8, 4) is 5.75 Å². The van der Waals surface area contributed by atoms with Gasteiger partial charge in [-0.3, -0.25) is 5.84 Å². The zero-order valence-electron chi connectivity index (χ0n) is 11.3. The average molecular weight is 339 g/mol. The number of halogens is 2. The molecule has 106 valence electrons. The molecule has 1 unspecified atom stereocenters. The van der Waals surface area contributed by atoms with E-state index in [9.17, 15) is 4.39 Å². The Kier molecular flexibility index (Phi) is 4.75. The van der Waals surface area contributed by atoms with Crippen LogP contribution < -0.4 is 16.0 Å². The SMILES string of the molecule is COc1ccc(C)cc1C(NN)c1cccc(Br)c1F. The lowest BCUT2D eigenvalue weighted by Gasteiger charge is -2.21. The molecule has 0 bridgehead atoms. The summed E-state index contributed by atoms with van der Waals surface area (Å²) in [5.74, 6) is 5.97. The zero-order chi connectivity index (χ0) is 14.7. The summed E-state index contributed by atoms with van der Waals surface area (Å²) < 4.78 is 20.0. The predicted molar refractivity (Wildman–Crippen MR) is 81.0 cm³/mol. The molecule has 0 spiro atoms. The molecule has 2 aromatic carbocycles. The fourth-order valence-electron chi connectivity index (χ4n) is 2.17. The standard InChI is InChI=1S/C15H16BrFN2O/c1-9-6-7-13(20-2)11(8-9)15(19-18)10-4-3-5-12(16)14(10)17/h3-8,15,19H,18H2,1-2H3. The van der Waals surface area contributed by atoms with Gasteiger partial charge in [0.2, 0.25) is 0 Å². The number of hydrogen-bond acceptors (Lipinski definition) is 3. The third-order valence-electron chi connectivity index (χ3n) is 3.16. The second kappa shape index (κ2) is 6.35. The number of hydrazine groups is 1. The van der Waals surface area contributed by atoms with Crippen LogP contribution in [0.3, 0.4) is 0 Å². The van der Waals surface area contributed by atoms with Gasteiger partial charge in [-0.25, -0.2) is 9.82 Å². The molecule has 0 aliphatic carbocycles. The van der Waals surface area contributed by atoms with Gasteiger partial charge in [-0.1, -0.05) is 29.8 Å². The molecule has 0 saturated carbocycles. The lowest BCUT2D eigenvalue weighted by atomic mass is 9.96. The van der Waals surface area contributed by atoms with Crippen molar-refractivity contribution in [3.05, 3.63) is 63.4 Å². The molecule has 2 rings (SSSR count). The average Bonchev–Trinajstić information content (AvgIpc) is 2.44. The highest BCUT2D eigenvalue weighted by atomic mass is 79.9. The number of rotatable bonds is 4. The summed E-state index contributed by atoms with van der Waals surface area (Å²) >= 11 is 3.19. The van der Waals surface area contributed by atoms with Crippen LogP contribution in [0.5, 0.6) is 5.75 Å². The van der Waals surface area contributed by atoms with Crippen molar-refractivity contribution in [1.29, 1.82) is 0 Å². The maximum atomic E-state index is 14.3. The Bertz CT molecular complexity index is 619. The lowest BCUT2D eigenvalue weighted by Crippen LogP contribution is -2.30. The molecule has 0 amide bonds. The predicted octanol–water partition coefficient (Wildman–Crippen LogP) is 3.46. The Morgan fingerprint density at radius 1 is 1.25 bits per heavy atom. The Balaban J connectivity index is 2.58. The topological polar surface area (TPSA) is 47.3 Å². The van der Waals surface area contributed by atoms with E-state index in [0.29, 0.717) is 15.8 Å². The number of nitrogens with two attached hydrogens (primary N) is 1. The fraction of sp³-hybridized carbons (Fsp3) is 0.200. The molecule has 0 heterocycles. The third-order valence-corrected chi connectivity index (χ3v) is 3.77. The van der Waals surface area contributed by atoms with Gasteiger partial charge < -0.3 is 4.74 Å². The summed E-state index contributed by atoms with van der Waals surface area (Å²) in [7, 11) is 1.58. The molecular weight excluding hydrogens is 323 g/mol. The van der Waals surface area contributed by atoms with Gasteiger partial charge in [0, 0.05) is 11.1 Å². The summed E-state index contributed by atoms with van der Waals surface area (Å²) in [4.78, 5) is 0. The molecular formula is C15H16BrFN2O. The summed E-state index contributed by atoms with van der Waals surface area (Å²) in [5, 5.41) is 0. The van der Waals surface area contributed by atoms with Gasteiger partial charge in [-0.2, -0.15) is 0 Å². The number of hydrogen-bond donors (Lipinski definition) is 2. The van der Waals surface area contributed by atoms with Gasteiger partial charge in [-0.05, 0) is 35.0 Å². The van der Waals surface area contributed by atoms with Crippen molar-refractivity contribution in [3.63, 3.8) is 0 Å². The first-order valence-electron chi connectivity index (χ1n) is 6.13. The van der Waals surface area contributed by atoms with Crippen LogP contribution in [-0.4, -0.2) is 7.11 Å². The van der Waals surface area contributed by atoms with E-state index in [1.807, 2.05) is 25.1 Å². The van der Waals surface area contributed by atoms with E-state index in [2.05, 4.69) is 21.4 Å². The smallest absolute Gasteiger partial charge is 0.142 e. The van der Waals surface area contributed by atoms with Crippen LogP contribution in [0.25, 0.3) is 0 Å². The van der Waals surface area contributed by atoms with Crippen LogP contribution in [0.2, 0.25) is 0 Å². The minimum absolute atomic E-state index is 0.334. The maximum Gasteiger partial charge on any atom is 0.142 e. The van der Waals surface area contributed by atoms with E-state index in [0.717, 1.165) is 11.1 Å². The number of methoxy groups -OCH3 is 1. The van der Waals surface area contributed by atoms with Crippen LogP contribution in [0, 0.1) is 12.7 Å². The quantitative estimate of drug-likeness (QED) is 0.663. The minimum Gasteiger partial charge on any atom is -0.496 e. The van der Waals surface area contributed by atoms with Crippen LogP contribution >= 0.6 is 15.9 Å². The van der Waals surface area contributed by atoms with Crippen LogP contribution in [0.4, 0.5) is 4.39 Å². The largest absolute Gasteiger partial charge is 0.496 e. The molecule has 3 nitrogen and oxygen atoms in total. The molecule has 0 aliphatic heterocycles. The van der Waals surface area contributed by atoms with Gasteiger partial charge in [-0.15, -0.1) is 0 Å². The normalized spacial score (nSPS) is 12.2. The Morgan fingerprint density at radius 2 is 2.00 bits per heavy atom. The molecule has 0 fully saturated rings. The van der Waals surface area contributed by atoms with Crippen molar-refractivity contribution in [2.24, 2.45) is 5.84 Å². The third kappa shape index (κ3) is 2.85. The van der Waals surface area contributed by atoms with Crippen molar-refractivity contribution in [2.45, 2.75) is 13.0 Å². The van der Waals surface area contributed by atoms with E-state index in [4.69, 9.17) is 10.6 Å². The highest BCUT2D eigenvalue weighted by Gasteiger charge is 2.21. The molecule has 0 radical (unpaired) electrons. The summed E-state index contributed by atoms with van der Waals surface area (Å²) in [5.41, 5.74) is 4.98. The highest BCUT2D eigenvalue weighted by molar-refractivity contribution is 9.10. The Morgan fingerprint density at radius 3 is 2.65 bits per heavy atom. The van der Waals surface area contributed by atoms with E-state index in [1.54, 1.807) is 25.3 Å². The number of nitrogens with one attached hydrogen (secondary N) is 1. The van der Waals surface area contributed by atoms with E-state index in [1.165, 1.54) is 0 Å².